The van der Waals surface area contributed by atoms with E-state index in [4.69, 9.17) is 16.2 Å². The molecule has 19 heavy (non-hydrogen) atoms. The van der Waals surface area contributed by atoms with Crippen molar-refractivity contribution >= 4 is 45.5 Å². The van der Waals surface area contributed by atoms with Crippen LogP contribution in [-0.4, -0.2) is 28.7 Å². The Morgan fingerprint density at radius 3 is 2.95 bits per heavy atom. The van der Waals surface area contributed by atoms with Gasteiger partial charge in [-0.1, -0.05) is 0 Å². The maximum atomic E-state index is 13.6. The molecule has 0 unspecified atom stereocenters. The van der Waals surface area contributed by atoms with Gasteiger partial charge in [-0.2, -0.15) is 0 Å². The summed E-state index contributed by atoms with van der Waals surface area (Å²) in [6, 6.07) is 3.01. The number of rotatable bonds is 5. The number of primary amides is 1. The Morgan fingerprint density at radius 1 is 1.53 bits per heavy atom. The van der Waals surface area contributed by atoms with Crippen LogP contribution in [-0.2, 0) is 16.1 Å². The lowest BCUT2D eigenvalue weighted by Gasteiger charge is -2.06. The second-order valence-corrected chi connectivity index (χ2v) is 5.06. The number of carbonyl (C=O) groups is 1. The fraction of sp³-hybridized carbons (Fsp3) is 0.273. The number of nitrogens with two attached hydrogens (primary N) is 2. The van der Waals surface area contributed by atoms with Crippen LogP contribution in [0.5, 0.6) is 0 Å². The van der Waals surface area contributed by atoms with Crippen molar-refractivity contribution in [2.75, 3.05) is 18.9 Å². The first-order chi connectivity index (χ1) is 8.99. The lowest BCUT2D eigenvalue weighted by atomic mass is 10.3. The number of imidazole rings is 1. The van der Waals surface area contributed by atoms with Crippen molar-refractivity contribution in [3.8, 4) is 0 Å². The summed E-state index contributed by atoms with van der Waals surface area (Å²) < 4.78 is 20.7. The van der Waals surface area contributed by atoms with Gasteiger partial charge in [-0.15, -0.1) is 0 Å². The minimum absolute atomic E-state index is 0.154. The normalized spacial score (nSPS) is 11.1. The molecule has 0 spiro atoms. The maximum absolute atomic E-state index is 13.6. The van der Waals surface area contributed by atoms with Crippen molar-refractivity contribution in [1.82, 2.24) is 9.55 Å². The molecule has 0 atom stereocenters. The topological polar surface area (TPSA) is 96.2 Å². The number of amides is 1. The number of fused-ring (bicyclic) bond motifs is 1. The van der Waals surface area contributed by atoms with Crippen LogP contribution in [0.4, 0.5) is 10.3 Å². The molecule has 6 nitrogen and oxygen atoms in total. The molecule has 1 amide bonds. The summed E-state index contributed by atoms with van der Waals surface area (Å²) >= 11 is 1.89. The Hall–Kier alpha value is -1.42. The van der Waals surface area contributed by atoms with Crippen LogP contribution in [0.1, 0.15) is 0 Å². The third kappa shape index (κ3) is 3.13. The predicted molar refractivity (Wildman–Crippen MR) is 76.8 cm³/mol. The summed E-state index contributed by atoms with van der Waals surface area (Å²) in [5.74, 6) is -0.588. The van der Waals surface area contributed by atoms with Crippen LogP contribution in [0, 0.1) is 9.39 Å². The first-order valence-corrected chi connectivity index (χ1v) is 6.53. The van der Waals surface area contributed by atoms with Crippen molar-refractivity contribution < 1.29 is 13.9 Å². The third-order valence-corrected chi connectivity index (χ3v) is 3.35. The zero-order valence-corrected chi connectivity index (χ0v) is 12.1. The molecular formula is C11H12FIN4O2. The second kappa shape index (κ2) is 5.70. The van der Waals surface area contributed by atoms with Gasteiger partial charge in [0, 0.05) is 12.6 Å². The van der Waals surface area contributed by atoms with Gasteiger partial charge >= 0.3 is 0 Å². The molecule has 2 rings (SSSR count). The fourth-order valence-electron chi connectivity index (χ4n) is 1.70. The van der Waals surface area contributed by atoms with E-state index >= 15 is 0 Å². The van der Waals surface area contributed by atoms with Crippen LogP contribution >= 0.6 is 22.6 Å². The minimum atomic E-state index is -0.538. The summed E-state index contributed by atoms with van der Waals surface area (Å²) in [4.78, 5) is 14.7. The number of hydrogen-bond acceptors (Lipinski definition) is 4. The Balaban J connectivity index is 2.20. The Morgan fingerprint density at radius 2 is 2.26 bits per heavy atom. The molecule has 1 aromatic heterocycles. The number of carbonyl (C=O) groups excluding carboxylic acids is 1. The first kappa shape index (κ1) is 14.0. The van der Waals surface area contributed by atoms with Crippen LogP contribution in [0.15, 0.2) is 12.1 Å². The number of aromatic nitrogens is 2. The smallest absolute Gasteiger partial charge is 0.243 e. The summed E-state index contributed by atoms with van der Waals surface area (Å²) in [5, 5.41) is 0. The van der Waals surface area contributed by atoms with E-state index in [-0.39, 0.29) is 25.0 Å². The highest BCUT2D eigenvalue weighted by atomic mass is 127. The Labute approximate surface area is 122 Å². The third-order valence-electron chi connectivity index (χ3n) is 2.52. The quantitative estimate of drug-likeness (QED) is 0.596. The highest BCUT2D eigenvalue weighted by molar-refractivity contribution is 14.1. The van der Waals surface area contributed by atoms with Gasteiger partial charge in [-0.3, -0.25) is 4.79 Å². The molecule has 0 radical (unpaired) electrons. The largest absolute Gasteiger partial charge is 0.370 e. The molecule has 102 valence electrons. The van der Waals surface area contributed by atoms with Gasteiger partial charge in [0.2, 0.25) is 11.9 Å². The molecule has 0 fully saturated rings. The fourth-order valence-corrected chi connectivity index (χ4v) is 2.15. The van der Waals surface area contributed by atoms with Crippen molar-refractivity contribution in [2.24, 2.45) is 5.73 Å². The van der Waals surface area contributed by atoms with Crippen molar-refractivity contribution in [1.29, 1.82) is 0 Å². The summed E-state index contributed by atoms with van der Waals surface area (Å²) in [6.07, 6.45) is 0. The second-order valence-electron chi connectivity index (χ2n) is 3.90. The van der Waals surface area contributed by atoms with Gasteiger partial charge in [0.1, 0.15) is 12.4 Å². The van der Waals surface area contributed by atoms with Crippen LogP contribution in [0.3, 0.4) is 0 Å². The molecule has 0 aliphatic rings. The zero-order valence-electron chi connectivity index (χ0n) is 9.90. The van der Waals surface area contributed by atoms with Gasteiger partial charge in [-0.05, 0) is 28.7 Å². The number of nitrogens with zero attached hydrogens (tertiary/aromatic N) is 2. The van der Waals surface area contributed by atoms with E-state index in [2.05, 4.69) is 4.98 Å². The molecule has 0 aliphatic carbocycles. The lowest BCUT2D eigenvalue weighted by Crippen LogP contribution is -2.20. The molecule has 0 bridgehead atoms. The Bertz CT molecular complexity index is 629. The number of ether oxygens (including phenoxy) is 1. The zero-order chi connectivity index (χ0) is 14.0. The van der Waals surface area contributed by atoms with E-state index in [0.29, 0.717) is 21.1 Å². The van der Waals surface area contributed by atoms with Gasteiger partial charge in [0.25, 0.3) is 0 Å². The van der Waals surface area contributed by atoms with E-state index in [9.17, 15) is 9.18 Å². The molecule has 0 saturated heterocycles. The van der Waals surface area contributed by atoms with Crippen molar-refractivity contribution in [2.45, 2.75) is 6.54 Å². The highest BCUT2D eigenvalue weighted by Gasteiger charge is 2.11. The first-order valence-electron chi connectivity index (χ1n) is 5.46. The number of halogens is 2. The van der Waals surface area contributed by atoms with Gasteiger partial charge in [-0.25, -0.2) is 9.37 Å². The molecule has 8 heteroatoms. The summed E-state index contributed by atoms with van der Waals surface area (Å²) in [6.45, 7) is 0.459. The van der Waals surface area contributed by atoms with E-state index in [1.807, 2.05) is 22.6 Å². The van der Waals surface area contributed by atoms with Crippen LogP contribution in [0.2, 0.25) is 0 Å². The average molecular weight is 378 g/mol. The molecule has 2 aromatic rings. The lowest BCUT2D eigenvalue weighted by molar-refractivity contribution is -0.122. The Kier molecular flexibility index (Phi) is 4.20. The number of benzene rings is 1. The monoisotopic (exact) mass is 378 g/mol. The molecule has 1 aromatic carbocycles. The van der Waals surface area contributed by atoms with Crippen LogP contribution < -0.4 is 11.5 Å². The van der Waals surface area contributed by atoms with Crippen LogP contribution in [0.25, 0.3) is 11.0 Å². The van der Waals surface area contributed by atoms with Gasteiger partial charge < -0.3 is 20.8 Å². The number of hydrogen-bond donors (Lipinski definition) is 2. The van der Waals surface area contributed by atoms with E-state index in [1.165, 1.54) is 6.07 Å². The molecule has 0 saturated carbocycles. The molecule has 4 N–H and O–H groups in total. The molecule has 0 aliphatic heterocycles. The SMILES string of the molecule is NC(=O)COCCn1c(N)nc2cc(I)c(F)cc21. The van der Waals surface area contributed by atoms with Crippen molar-refractivity contribution in [3.05, 3.63) is 21.5 Å². The van der Waals surface area contributed by atoms with E-state index in [1.54, 1.807) is 10.6 Å². The standard InChI is InChI=1S/C11H12FIN4O2/c12-6-3-9-8(4-7(6)13)16-11(15)17(9)1-2-19-5-10(14)18/h3-4H,1-2,5H2,(H2,14,18)(H2,15,16). The predicted octanol–water partition coefficient (Wildman–Crippen LogP) is 0.864. The minimum Gasteiger partial charge on any atom is -0.370 e. The molecular weight excluding hydrogens is 366 g/mol. The number of nitrogen functional groups attached to an aromatic ring is 1. The summed E-state index contributed by atoms with van der Waals surface area (Å²) in [5.41, 5.74) is 11.9. The summed E-state index contributed by atoms with van der Waals surface area (Å²) in [7, 11) is 0. The van der Waals surface area contributed by atoms with E-state index in [0.717, 1.165) is 0 Å². The maximum Gasteiger partial charge on any atom is 0.243 e. The highest BCUT2D eigenvalue weighted by Crippen LogP contribution is 2.22. The van der Waals surface area contributed by atoms with Gasteiger partial charge in [0.05, 0.1) is 21.2 Å². The molecule has 1 heterocycles. The van der Waals surface area contributed by atoms with E-state index < -0.39 is 5.91 Å². The number of anilines is 1. The average Bonchev–Trinajstić information content (AvgIpc) is 2.61. The van der Waals surface area contributed by atoms with Gasteiger partial charge in [0.15, 0.2) is 0 Å². The van der Waals surface area contributed by atoms with Crippen molar-refractivity contribution in [3.63, 3.8) is 0 Å².